The van der Waals surface area contributed by atoms with Crippen molar-refractivity contribution >= 4 is 11.6 Å². The second-order valence-electron chi connectivity index (χ2n) is 3.91. The summed E-state index contributed by atoms with van der Waals surface area (Å²) in [6.07, 6.45) is 2.33. The molecule has 1 aliphatic rings. The van der Waals surface area contributed by atoms with Crippen molar-refractivity contribution in [2.24, 2.45) is 0 Å². The molecule has 1 heterocycles. The lowest BCUT2D eigenvalue weighted by atomic mass is 9.95. The van der Waals surface area contributed by atoms with Crippen molar-refractivity contribution in [1.82, 2.24) is 0 Å². The number of rotatable bonds is 3. The molecule has 0 aliphatic carbocycles. The lowest BCUT2D eigenvalue weighted by molar-refractivity contribution is -0.0152. The Morgan fingerprint density at radius 2 is 1.93 bits per heavy atom. The van der Waals surface area contributed by atoms with Gasteiger partial charge in [0.2, 0.25) is 0 Å². The van der Waals surface area contributed by atoms with Gasteiger partial charge in [-0.05, 0) is 17.5 Å². The highest BCUT2D eigenvalue weighted by Crippen LogP contribution is 2.36. The molecule has 0 saturated carbocycles. The molecule has 0 atom stereocenters. The molecular weight excluding hydrogens is 196 g/mol. The summed E-state index contributed by atoms with van der Waals surface area (Å²) in [5.74, 6) is 0. The van der Waals surface area contributed by atoms with E-state index in [2.05, 4.69) is 31.2 Å². The molecule has 0 N–H and O–H groups in total. The Morgan fingerprint density at radius 1 is 1.29 bits per heavy atom. The SMILES string of the molecule is CCCc1ccc(C2(Cl)COC2)cc1. The average Bonchev–Trinajstić information content (AvgIpc) is 2.16. The first kappa shape index (κ1) is 10.0. The Bertz CT molecular complexity index is 301. The topological polar surface area (TPSA) is 9.23 Å². The van der Waals surface area contributed by atoms with Crippen molar-refractivity contribution in [3.63, 3.8) is 0 Å². The van der Waals surface area contributed by atoms with Crippen LogP contribution in [0.25, 0.3) is 0 Å². The van der Waals surface area contributed by atoms with Crippen molar-refractivity contribution in [3.8, 4) is 0 Å². The number of hydrogen-bond acceptors (Lipinski definition) is 1. The van der Waals surface area contributed by atoms with Gasteiger partial charge in [-0.1, -0.05) is 37.6 Å². The third kappa shape index (κ3) is 1.79. The van der Waals surface area contributed by atoms with E-state index in [9.17, 15) is 0 Å². The second kappa shape index (κ2) is 3.92. The Labute approximate surface area is 90.0 Å². The molecule has 0 aromatic heterocycles. The van der Waals surface area contributed by atoms with Crippen LogP contribution < -0.4 is 0 Å². The van der Waals surface area contributed by atoms with Crippen LogP contribution in [0.3, 0.4) is 0 Å². The van der Waals surface area contributed by atoms with Gasteiger partial charge in [0, 0.05) is 0 Å². The molecular formula is C12H15ClO. The van der Waals surface area contributed by atoms with E-state index in [0.29, 0.717) is 13.2 Å². The quantitative estimate of drug-likeness (QED) is 0.697. The van der Waals surface area contributed by atoms with Crippen LogP contribution >= 0.6 is 11.6 Å². The predicted molar refractivity (Wildman–Crippen MR) is 58.8 cm³/mol. The molecule has 1 aromatic carbocycles. The Balaban J connectivity index is 2.13. The van der Waals surface area contributed by atoms with Crippen LogP contribution in [0, 0.1) is 0 Å². The molecule has 14 heavy (non-hydrogen) atoms. The van der Waals surface area contributed by atoms with Crippen LogP contribution in [0.5, 0.6) is 0 Å². The first-order valence-corrected chi connectivity index (χ1v) is 5.48. The standard InChI is InChI=1S/C12H15ClO/c1-2-3-10-4-6-11(7-5-10)12(13)8-14-9-12/h4-7H,2-3,8-9H2,1H3. The van der Waals surface area contributed by atoms with Crippen molar-refractivity contribution in [2.45, 2.75) is 24.6 Å². The molecule has 0 radical (unpaired) electrons. The van der Waals surface area contributed by atoms with Crippen molar-refractivity contribution in [2.75, 3.05) is 13.2 Å². The summed E-state index contributed by atoms with van der Waals surface area (Å²) >= 11 is 6.34. The third-order valence-corrected chi connectivity index (χ3v) is 3.11. The Hall–Kier alpha value is -0.530. The van der Waals surface area contributed by atoms with Gasteiger partial charge >= 0.3 is 0 Å². The summed E-state index contributed by atoms with van der Waals surface area (Å²) in [4.78, 5) is -0.245. The minimum Gasteiger partial charge on any atom is -0.377 e. The van der Waals surface area contributed by atoms with Gasteiger partial charge in [-0.2, -0.15) is 0 Å². The summed E-state index contributed by atoms with van der Waals surface area (Å²) in [5, 5.41) is 0. The molecule has 0 bridgehead atoms. The van der Waals surface area contributed by atoms with Crippen LogP contribution in [0.1, 0.15) is 24.5 Å². The van der Waals surface area contributed by atoms with Gasteiger partial charge in [0.05, 0.1) is 13.2 Å². The maximum atomic E-state index is 6.34. The maximum absolute atomic E-state index is 6.34. The van der Waals surface area contributed by atoms with Gasteiger partial charge in [0.25, 0.3) is 0 Å². The maximum Gasteiger partial charge on any atom is 0.116 e. The number of halogens is 1. The van der Waals surface area contributed by atoms with Gasteiger partial charge in [-0.15, -0.1) is 11.6 Å². The van der Waals surface area contributed by atoms with Crippen LogP contribution in [-0.4, -0.2) is 13.2 Å². The smallest absolute Gasteiger partial charge is 0.116 e. The highest BCUT2D eigenvalue weighted by atomic mass is 35.5. The number of hydrogen-bond donors (Lipinski definition) is 0. The molecule has 0 amide bonds. The molecule has 2 heteroatoms. The first-order chi connectivity index (χ1) is 6.74. The fourth-order valence-corrected chi connectivity index (χ4v) is 1.99. The number of aryl methyl sites for hydroxylation is 1. The van der Waals surface area contributed by atoms with Crippen LogP contribution in [0.15, 0.2) is 24.3 Å². The zero-order valence-corrected chi connectivity index (χ0v) is 9.18. The molecule has 1 nitrogen and oxygen atoms in total. The van der Waals surface area contributed by atoms with E-state index in [4.69, 9.17) is 16.3 Å². The van der Waals surface area contributed by atoms with Gasteiger partial charge in [0.15, 0.2) is 0 Å². The van der Waals surface area contributed by atoms with Gasteiger partial charge in [-0.25, -0.2) is 0 Å². The third-order valence-electron chi connectivity index (χ3n) is 2.67. The highest BCUT2D eigenvalue weighted by Gasteiger charge is 2.37. The monoisotopic (exact) mass is 210 g/mol. The minimum atomic E-state index is -0.245. The van der Waals surface area contributed by atoms with Crippen LogP contribution in [-0.2, 0) is 16.0 Å². The average molecular weight is 211 g/mol. The van der Waals surface area contributed by atoms with E-state index in [-0.39, 0.29) is 4.87 Å². The van der Waals surface area contributed by atoms with E-state index in [0.717, 1.165) is 6.42 Å². The normalized spacial score (nSPS) is 19.0. The van der Waals surface area contributed by atoms with E-state index < -0.39 is 0 Å². The Morgan fingerprint density at radius 3 is 2.36 bits per heavy atom. The van der Waals surface area contributed by atoms with Crippen LogP contribution in [0.4, 0.5) is 0 Å². The molecule has 1 aromatic rings. The molecule has 0 spiro atoms. The van der Waals surface area contributed by atoms with Gasteiger partial charge in [-0.3, -0.25) is 0 Å². The van der Waals surface area contributed by atoms with E-state index >= 15 is 0 Å². The molecule has 1 aliphatic heterocycles. The fourth-order valence-electron chi connectivity index (χ4n) is 1.71. The number of ether oxygens (including phenoxy) is 1. The summed E-state index contributed by atoms with van der Waals surface area (Å²) in [7, 11) is 0. The fraction of sp³-hybridized carbons (Fsp3) is 0.500. The molecule has 1 saturated heterocycles. The summed E-state index contributed by atoms with van der Waals surface area (Å²) in [6.45, 7) is 3.47. The van der Waals surface area contributed by atoms with E-state index in [1.807, 2.05) is 0 Å². The molecule has 76 valence electrons. The number of benzene rings is 1. The first-order valence-electron chi connectivity index (χ1n) is 5.11. The Kier molecular flexibility index (Phi) is 2.80. The largest absolute Gasteiger partial charge is 0.377 e. The van der Waals surface area contributed by atoms with E-state index in [1.54, 1.807) is 0 Å². The highest BCUT2D eigenvalue weighted by molar-refractivity contribution is 6.24. The molecule has 0 unspecified atom stereocenters. The van der Waals surface area contributed by atoms with Crippen molar-refractivity contribution in [1.29, 1.82) is 0 Å². The molecule has 2 rings (SSSR count). The summed E-state index contributed by atoms with van der Waals surface area (Å²) in [5.41, 5.74) is 2.57. The summed E-state index contributed by atoms with van der Waals surface area (Å²) in [6, 6.07) is 8.59. The zero-order chi connectivity index (χ0) is 10.0. The van der Waals surface area contributed by atoms with Gasteiger partial charge < -0.3 is 4.74 Å². The van der Waals surface area contributed by atoms with Crippen molar-refractivity contribution in [3.05, 3.63) is 35.4 Å². The van der Waals surface area contributed by atoms with Gasteiger partial charge in [0.1, 0.15) is 4.87 Å². The van der Waals surface area contributed by atoms with Crippen molar-refractivity contribution < 1.29 is 4.74 Å². The number of alkyl halides is 1. The lowest BCUT2D eigenvalue weighted by Gasteiger charge is -2.36. The van der Waals surface area contributed by atoms with Crippen LogP contribution in [0.2, 0.25) is 0 Å². The summed E-state index contributed by atoms with van der Waals surface area (Å²) < 4.78 is 5.14. The van der Waals surface area contributed by atoms with E-state index in [1.165, 1.54) is 17.5 Å². The lowest BCUT2D eigenvalue weighted by Crippen LogP contribution is -2.41. The second-order valence-corrected chi connectivity index (χ2v) is 4.63. The predicted octanol–water partition coefficient (Wildman–Crippen LogP) is 3.10. The minimum absolute atomic E-state index is 0.245. The molecule has 1 fully saturated rings. The zero-order valence-electron chi connectivity index (χ0n) is 8.42.